The summed E-state index contributed by atoms with van der Waals surface area (Å²) in [5.74, 6) is 0.465. The van der Waals surface area contributed by atoms with Crippen molar-refractivity contribution in [2.45, 2.75) is 51.6 Å². The Bertz CT molecular complexity index is 770. The Labute approximate surface area is 176 Å². The number of halogens is 3. The smallest absolute Gasteiger partial charge is 0.342 e. The van der Waals surface area contributed by atoms with E-state index in [1.165, 1.54) is 0 Å². The van der Waals surface area contributed by atoms with Gasteiger partial charge in [0.25, 0.3) is 0 Å². The van der Waals surface area contributed by atoms with Gasteiger partial charge in [-0.25, -0.2) is 0 Å². The van der Waals surface area contributed by atoms with Gasteiger partial charge in [0.15, 0.2) is 0 Å². The largest absolute Gasteiger partial charge is 0.416 e. The molecule has 2 aliphatic rings. The first-order valence-electron chi connectivity index (χ1n) is 10.8. The number of carbonyl (C=O) groups is 2. The van der Waals surface area contributed by atoms with Crippen molar-refractivity contribution in [3.63, 3.8) is 0 Å². The molecule has 30 heavy (non-hydrogen) atoms. The summed E-state index contributed by atoms with van der Waals surface area (Å²) in [4.78, 5) is 29.4. The van der Waals surface area contributed by atoms with Crippen molar-refractivity contribution >= 4 is 11.7 Å². The number of ketones is 1. The van der Waals surface area contributed by atoms with Crippen LogP contribution in [0.2, 0.25) is 0 Å². The molecule has 3 rings (SSSR count). The maximum atomic E-state index is 13.0. The van der Waals surface area contributed by atoms with Gasteiger partial charge < -0.3 is 9.80 Å². The average molecular weight is 425 g/mol. The van der Waals surface area contributed by atoms with E-state index < -0.39 is 11.7 Å². The van der Waals surface area contributed by atoms with Crippen LogP contribution in [0.25, 0.3) is 0 Å². The van der Waals surface area contributed by atoms with E-state index in [1.54, 1.807) is 13.0 Å². The number of piperidine rings is 2. The molecule has 0 radical (unpaired) electrons. The van der Waals surface area contributed by atoms with Gasteiger partial charge in [-0.05, 0) is 69.8 Å². The summed E-state index contributed by atoms with van der Waals surface area (Å²) in [5, 5.41) is 0. The standard InChI is InChI=1S/C23H31F3N2O2/c1-16-10-18(12-20(11-16)23(24,25)26)14-21(29)13-17-5-8-28(9-6-17)22(30)19-4-3-7-27(2)15-19/h10-12,17,19H,3-9,13-15H2,1-2H3. The lowest BCUT2D eigenvalue weighted by atomic mass is 9.88. The molecule has 4 nitrogen and oxygen atoms in total. The van der Waals surface area contributed by atoms with Crippen molar-refractivity contribution in [3.05, 3.63) is 34.9 Å². The van der Waals surface area contributed by atoms with Crippen molar-refractivity contribution in [1.82, 2.24) is 9.80 Å². The molecule has 2 fully saturated rings. The number of carbonyl (C=O) groups excluding carboxylic acids is 2. The first-order chi connectivity index (χ1) is 14.1. The minimum Gasteiger partial charge on any atom is -0.342 e. The molecule has 0 bridgehead atoms. The molecule has 2 heterocycles. The Morgan fingerprint density at radius 1 is 1.07 bits per heavy atom. The van der Waals surface area contributed by atoms with Crippen LogP contribution in [0.3, 0.4) is 0 Å². The molecular weight excluding hydrogens is 393 g/mol. The molecule has 1 amide bonds. The number of alkyl halides is 3. The highest BCUT2D eigenvalue weighted by Crippen LogP contribution is 2.31. The van der Waals surface area contributed by atoms with Crippen LogP contribution in [0.15, 0.2) is 18.2 Å². The molecule has 0 aromatic heterocycles. The highest BCUT2D eigenvalue weighted by Gasteiger charge is 2.32. The Balaban J connectivity index is 1.49. The van der Waals surface area contributed by atoms with E-state index in [9.17, 15) is 22.8 Å². The average Bonchev–Trinajstić information content (AvgIpc) is 2.67. The van der Waals surface area contributed by atoms with E-state index in [-0.39, 0.29) is 29.9 Å². The number of hydrogen-bond acceptors (Lipinski definition) is 3. The summed E-state index contributed by atoms with van der Waals surface area (Å²) in [6.07, 6.45) is -0.466. The first-order valence-corrected chi connectivity index (χ1v) is 10.8. The van der Waals surface area contributed by atoms with Crippen LogP contribution in [-0.4, -0.2) is 54.7 Å². The molecular formula is C23H31F3N2O2. The second-order valence-electron chi connectivity index (χ2n) is 8.99. The van der Waals surface area contributed by atoms with Crippen molar-refractivity contribution in [1.29, 1.82) is 0 Å². The molecule has 1 atom stereocenters. The molecule has 1 aromatic rings. The highest BCUT2D eigenvalue weighted by atomic mass is 19.4. The van der Waals surface area contributed by atoms with Crippen LogP contribution < -0.4 is 0 Å². The van der Waals surface area contributed by atoms with Gasteiger partial charge in [-0.2, -0.15) is 13.2 Å². The van der Waals surface area contributed by atoms with Crippen LogP contribution in [0, 0.1) is 18.8 Å². The number of Topliss-reactive ketones (excluding diaryl/α,β-unsaturated/α-hetero) is 1. The lowest BCUT2D eigenvalue weighted by molar-refractivity contribution is -0.139. The molecule has 2 aliphatic heterocycles. The first kappa shape index (κ1) is 22.8. The fraction of sp³-hybridized carbons (Fsp3) is 0.652. The summed E-state index contributed by atoms with van der Waals surface area (Å²) >= 11 is 0. The summed E-state index contributed by atoms with van der Waals surface area (Å²) in [5.41, 5.74) is 0.222. The molecule has 0 saturated carbocycles. The van der Waals surface area contributed by atoms with Gasteiger partial charge in [-0.15, -0.1) is 0 Å². The van der Waals surface area contributed by atoms with E-state index in [0.29, 0.717) is 30.6 Å². The van der Waals surface area contributed by atoms with Gasteiger partial charge in [0.1, 0.15) is 5.78 Å². The fourth-order valence-electron chi connectivity index (χ4n) is 4.73. The quantitative estimate of drug-likeness (QED) is 0.715. The molecule has 2 saturated heterocycles. The number of likely N-dealkylation sites (tertiary alicyclic amines) is 2. The predicted molar refractivity (Wildman–Crippen MR) is 109 cm³/mol. The number of hydrogen-bond donors (Lipinski definition) is 0. The zero-order valence-electron chi connectivity index (χ0n) is 17.8. The van der Waals surface area contributed by atoms with Gasteiger partial charge in [-0.3, -0.25) is 9.59 Å². The van der Waals surface area contributed by atoms with Gasteiger partial charge in [-0.1, -0.05) is 11.6 Å². The summed E-state index contributed by atoms with van der Waals surface area (Å²) in [6, 6.07) is 3.83. The lowest BCUT2D eigenvalue weighted by Gasteiger charge is -2.36. The molecule has 1 unspecified atom stereocenters. The van der Waals surface area contributed by atoms with Crippen molar-refractivity contribution < 1.29 is 22.8 Å². The second kappa shape index (κ2) is 9.50. The topological polar surface area (TPSA) is 40.6 Å². The van der Waals surface area contributed by atoms with Crippen LogP contribution >= 0.6 is 0 Å². The third-order valence-corrected chi connectivity index (χ3v) is 6.28. The third kappa shape index (κ3) is 6.06. The fourth-order valence-corrected chi connectivity index (χ4v) is 4.73. The summed E-state index contributed by atoms with van der Waals surface area (Å²) < 4.78 is 39.0. The molecule has 0 N–H and O–H groups in total. The van der Waals surface area contributed by atoms with E-state index in [1.807, 2.05) is 11.9 Å². The van der Waals surface area contributed by atoms with Gasteiger partial charge in [0.05, 0.1) is 11.5 Å². The van der Waals surface area contributed by atoms with Crippen LogP contribution in [-0.2, 0) is 22.2 Å². The van der Waals surface area contributed by atoms with Crippen LogP contribution in [0.5, 0.6) is 0 Å². The van der Waals surface area contributed by atoms with Gasteiger partial charge >= 0.3 is 6.18 Å². The highest BCUT2D eigenvalue weighted by molar-refractivity contribution is 5.81. The molecule has 7 heteroatoms. The number of aryl methyl sites for hydroxylation is 1. The SMILES string of the molecule is Cc1cc(CC(=O)CC2CCN(C(=O)C3CCCN(C)C3)CC2)cc(C(F)(F)F)c1. The summed E-state index contributed by atoms with van der Waals surface area (Å²) in [7, 11) is 2.04. The normalized spacial score (nSPS) is 21.6. The second-order valence-corrected chi connectivity index (χ2v) is 8.99. The number of rotatable bonds is 5. The van der Waals surface area contributed by atoms with E-state index in [2.05, 4.69) is 4.90 Å². The summed E-state index contributed by atoms with van der Waals surface area (Å²) in [6.45, 7) is 4.80. The maximum absolute atomic E-state index is 13.0. The Morgan fingerprint density at radius 3 is 2.40 bits per heavy atom. The number of benzene rings is 1. The minimum absolute atomic E-state index is 0.0261. The Hall–Kier alpha value is -1.89. The predicted octanol–water partition coefficient (Wildman–Crippen LogP) is 4.10. The zero-order chi connectivity index (χ0) is 21.9. The van der Waals surface area contributed by atoms with Gasteiger partial charge in [0.2, 0.25) is 5.91 Å². The van der Waals surface area contributed by atoms with E-state index in [0.717, 1.165) is 50.9 Å². The van der Waals surface area contributed by atoms with Crippen molar-refractivity contribution in [2.24, 2.45) is 11.8 Å². The Kier molecular flexibility index (Phi) is 7.22. The van der Waals surface area contributed by atoms with Gasteiger partial charge in [0, 0.05) is 32.5 Å². The third-order valence-electron chi connectivity index (χ3n) is 6.28. The molecule has 0 aliphatic carbocycles. The van der Waals surface area contributed by atoms with Crippen LogP contribution in [0.4, 0.5) is 13.2 Å². The van der Waals surface area contributed by atoms with Crippen LogP contribution in [0.1, 0.15) is 48.8 Å². The van der Waals surface area contributed by atoms with E-state index >= 15 is 0 Å². The minimum atomic E-state index is -4.41. The monoisotopic (exact) mass is 424 g/mol. The molecule has 0 spiro atoms. The molecule has 166 valence electrons. The Morgan fingerprint density at radius 2 is 1.77 bits per heavy atom. The van der Waals surface area contributed by atoms with Crippen molar-refractivity contribution in [3.8, 4) is 0 Å². The maximum Gasteiger partial charge on any atom is 0.416 e. The number of amides is 1. The zero-order valence-corrected chi connectivity index (χ0v) is 17.8. The lowest BCUT2D eigenvalue weighted by Crippen LogP contribution is -2.46. The van der Waals surface area contributed by atoms with Crippen molar-refractivity contribution in [2.75, 3.05) is 33.2 Å². The number of nitrogens with zero attached hydrogens (tertiary/aromatic N) is 2. The molecule has 1 aromatic carbocycles. The van der Waals surface area contributed by atoms with E-state index in [4.69, 9.17) is 0 Å².